The lowest BCUT2D eigenvalue weighted by atomic mass is 10.1. The van der Waals surface area contributed by atoms with Crippen molar-refractivity contribution < 1.29 is 9.21 Å². The average Bonchev–Trinajstić information content (AvgIpc) is 3.23. The van der Waals surface area contributed by atoms with Gasteiger partial charge in [-0.2, -0.15) is 0 Å². The Morgan fingerprint density at radius 3 is 2.76 bits per heavy atom. The minimum Gasteiger partial charge on any atom is -0.469 e. The molecule has 3 aromatic rings. The summed E-state index contributed by atoms with van der Waals surface area (Å²) in [6.45, 7) is 5.02. The molecule has 1 amide bonds. The number of carbonyl (C=O) groups excluding carboxylic acids is 1. The van der Waals surface area contributed by atoms with E-state index >= 15 is 0 Å². The fourth-order valence-corrected chi connectivity index (χ4v) is 3.21. The van der Waals surface area contributed by atoms with Gasteiger partial charge in [0.15, 0.2) is 0 Å². The molecular weight excluding hydrogens is 312 g/mol. The van der Waals surface area contributed by atoms with Gasteiger partial charge in [0.2, 0.25) is 5.91 Å². The van der Waals surface area contributed by atoms with Crippen LogP contribution in [0.5, 0.6) is 0 Å². The molecule has 3 rings (SSSR count). The predicted octanol–water partition coefficient (Wildman–Crippen LogP) is 4.50. The van der Waals surface area contributed by atoms with Crippen LogP contribution in [0.15, 0.2) is 53.3 Å². The van der Waals surface area contributed by atoms with Gasteiger partial charge in [-0.15, -0.1) is 0 Å². The zero-order chi connectivity index (χ0) is 17.6. The molecule has 0 spiro atoms. The van der Waals surface area contributed by atoms with Crippen LogP contribution in [-0.2, 0) is 17.6 Å². The van der Waals surface area contributed by atoms with Gasteiger partial charge in [0, 0.05) is 42.5 Å². The molecule has 0 saturated heterocycles. The number of nitrogens with one attached hydrogen (secondary N) is 1. The van der Waals surface area contributed by atoms with Gasteiger partial charge in [0.05, 0.1) is 6.26 Å². The van der Waals surface area contributed by atoms with Crippen LogP contribution in [0.4, 0.5) is 0 Å². The number of nitrogens with zero attached hydrogens (tertiary/aromatic N) is 1. The zero-order valence-corrected chi connectivity index (χ0v) is 15.0. The standard InChI is InChI=1S/C21H26N2O2/c1-16(2)23-15-17(19-9-3-4-10-20(19)23)7-5-11-21(24)22-13-12-18-8-6-14-25-18/h3-4,6,8-10,14-16H,5,7,11-13H2,1-2H3,(H,22,24). The number of amides is 1. The van der Waals surface area contributed by atoms with Gasteiger partial charge in [-0.1, -0.05) is 18.2 Å². The molecule has 0 aliphatic heterocycles. The van der Waals surface area contributed by atoms with Crippen LogP contribution in [0.25, 0.3) is 10.9 Å². The third-order valence-electron chi connectivity index (χ3n) is 4.50. The van der Waals surface area contributed by atoms with E-state index in [2.05, 4.69) is 54.2 Å². The van der Waals surface area contributed by atoms with E-state index in [0.717, 1.165) is 25.0 Å². The molecule has 1 N–H and O–H groups in total. The van der Waals surface area contributed by atoms with Crippen LogP contribution in [0.1, 0.15) is 44.1 Å². The Balaban J connectivity index is 1.50. The van der Waals surface area contributed by atoms with Gasteiger partial charge in [0.1, 0.15) is 5.76 Å². The van der Waals surface area contributed by atoms with E-state index in [4.69, 9.17) is 4.42 Å². The summed E-state index contributed by atoms with van der Waals surface area (Å²) in [5.41, 5.74) is 2.60. The van der Waals surface area contributed by atoms with Crippen molar-refractivity contribution in [3.63, 3.8) is 0 Å². The molecule has 132 valence electrons. The topological polar surface area (TPSA) is 47.2 Å². The van der Waals surface area contributed by atoms with E-state index in [-0.39, 0.29) is 5.91 Å². The number of carbonyl (C=O) groups is 1. The summed E-state index contributed by atoms with van der Waals surface area (Å²) >= 11 is 0. The molecule has 0 atom stereocenters. The van der Waals surface area contributed by atoms with Crippen LogP contribution in [0, 0.1) is 0 Å². The number of fused-ring (bicyclic) bond motifs is 1. The molecule has 0 saturated carbocycles. The van der Waals surface area contributed by atoms with Gasteiger partial charge in [-0.25, -0.2) is 0 Å². The third-order valence-corrected chi connectivity index (χ3v) is 4.50. The van der Waals surface area contributed by atoms with Gasteiger partial charge in [0.25, 0.3) is 0 Å². The molecular formula is C21H26N2O2. The summed E-state index contributed by atoms with van der Waals surface area (Å²) in [7, 11) is 0. The molecule has 2 aromatic heterocycles. The Labute approximate surface area is 148 Å². The Bertz CT molecular complexity index is 816. The van der Waals surface area contributed by atoms with Crippen molar-refractivity contribution in [1.82, 2.24) is 9.88 Å². The number of para-hydroxylation sites is 1. The average molecular weight is 338 g/mol. The maximum absolute atomic E-state index is 12.0. The lowest BCUT2D eigenvalue weighted by molar-refractivity contribution is -0.121. The number of aromatic nitrogens is 1. The Morgan fingerprint density at radius 1 is 1.16 bits per heavy atom. The van der Waals surface area contributed by atoms with Crippen LogP contribution >= 0.6 is 0 Å². The van der Waals surface area contributed by atoms with Crippen molar-refractivity contribution in [1.29, 1.82) is 0 Å². The van der Waals surface area contributed by atoms with E-state index in [1.807, 2.05) is 12.1 Å². The first kappa shape index (κ1) is 17.3. The Kier molecular flexibility index (Phi) is 5.59. The molecule has 0 unspecified atom stereocenters. The summed E-state index contributed by atoms with van der Waals surface area (Å²) < 4.78 is 7.58. The first-order valence-electron chi connectivity index (χ1n) is 9.02. The second-order valence-electron chi connectivity index (χ2n) is 6.71. The van der Waals surface area contributed by atoms with E-state index in [1.165, 1.54) is 16.5 Å². The summed E-state index contributed by atoms with van der Waals surface area (Å²) in [5.74, 6) is 1.01. The second kappa shape index (κ2) is 8.06. The van der Waals surface area contributed by atoms with Crippen molar-refractivity contribution >= 4 is 16.8 Å². The van der Waals surface area contributed by atoms with Crippen LogP contribution in [-0.4, -0.2) is 17.0 Å². The SMILES string of the molecule is CC(C)n1cc(CCCC(=O)NCCc2ccco2)c2ccccc21. The van der Waals surface area contributed by atoms with Gasteiger partial charge < -0.3 is 14.3 Å². The van der Waals surface area contributed by atoms with E-state index in [0.29, 0.717) is 19.0 Å². The summed E-state index contributed by atoms with van der Waals surface area (Å²) in [4.78, 5) is 12.0. The van der Waals surface area contributed by atoms with Gasteiger partial charge in [-0.3, -0.25) is 4.79 Å². The number of furan rings is 1. The zero-order valence-electron chi connectivity index (χ0n) is 15.0. The number of rotatable bonds is 8. The van der Waals surface area contributed by atoms with E-state index in [1.54, 1.807) is 6.26 Å². The smallest absolute Gasteiger partial charge is 0.220 e. The first-order valence-corrected chi connectivity index (χ1v) is 9.02. The number of hydrogen-bond donors (Lipinski definition) is 1. The Morgan fingerprint density at radius 2 is 2.00 bits per heavy atom. The van der Waals surface area contributed by atoms with Crippen molar-refractivity contribution in [3.05, 3.63) is 60.2 Å². The minimum absolute atomic E-state index is 0.110. The molecule has 1 aromatic carbocycles. The van der Waals surface area contributed by atoms with Gasteiger partial charge in [-0.05, 0) is 50.5 Å². The van der Waals surface area contributed by atoms with Crippen molar-refractivity contribution in [3.8, 4) is 0 Å². The maximum atomic E-state index is 12.0. The van der Waals surface area contributed by atoms with Crippen LogP contribution in [0.2, 0.25) is 0 Å². The summed E-state index contributed by atoms with van der Waals surface area (Å²) in [5, 5.41) is 4.26. The molecule has 2 heterocycles. The molecule has 25 heavy (non-hydrogen) atoms. The van der Waals surface area contributed by atoms with Gasteiger partial charge >= 0.3 is 0 Å². The monoisotopic (exact) mass is 338 g/mol. The van der Waals surface area contributed by atoms with Crippen LogP contribution in [0.3, 0.4) is 0 Å². The van der Waals surface area contributed by atoms with E-state index in [9.17, 15) is 4.79 Å². The lowest BCUT2D eigenvalue weighted by Gasteiger charge is -2.08. The van der Waals surface area contributed by atoms with Crippen molar-refractivity contribution in [2.24, 2.45) is 0 Å². The number of hydrogen-bond acceptors (Lipinski definition) is 2. The fourth-order valence-electron chi connectivity index (χ4n) is 3.21. The maximum Gasteiger partial charge on any atom is 0.220 e. The summed E-state index contributed by atoms with van der Waals surface area (Å²) in [6, 6.07) is 12.7. The number of benzene rings is 1. The highest BCUT2D eigenvalue weighted by atomic mass is 16.3. The fraction of sp³-hybridized carbons (Fsp3) is 0.381. The molecule has 0 aliphatic carbocycles. The van der Waals surface area contributed by atoms with Crippen LogP contribution < -0.4 is 5.32 Å². The lowest BCUT2D eigenvalue weighted by Crippen LogP contribution is -2.25. The molecule has 0 bridgehead atoms. The normalized spacial score (nSPS) is 11.3. The largest absolute Gasteiger partial charge is 0.469 e. The third kappa shape index (κ3) is 4.32. The molecule has 4 nitrogen and oxygen atoms in total. The minimum atomic E-state index is 0.110. The highest BCUT2D eigenvalue weighted by Gasteiger charge is 2.10. The summed E-state index contributed by atoms with van der Waals surface area (Å²) in [6.07, 6.45) is 6.97. The molecule has 0 fully saturated rings. The van der Waals surface area contributed by atoms with Crippen molar-refractivity contribution in [2.75, 3.05) is 6.54 Å². The number of aryl methyl sites for hydroxylation is 1. The molecule has 0 aliphatic rings. The van der Waals surface area contributed by atoms with Crippen molar-refractivity contribution in [2.45, 2.75) is 45.6 Å². The molecule has 0 radical (unpaired) electrons. The Hall–Kier alpha value is -2.49. The predicted molar refractivity (Wildman–Crippen MR) is 101 cm³/mol. The van der Waals surface area contributed by atoms with E-state index < -0.39 is 0 Å². The quantitative estimate of drug-likeness (QED) is 0.657. The first-order chi connectivity index (χ1) is 12.1. The molecule has 4 heteroatoms. The highest BCUT2D eigenvalue weighted by Crippen LogP contribution is 2.25. The second-order valence-corrected chi connectivity index (χ2v) is 6.71. The highest BCUT2D eigenvalue weighted by molar-refractivity contribution is 5.84.